The Morgan fingerprint density at radius 2 is 1.93 bits per heavy atom. The molecule has 0 aliphatic rings. The molecule has 0 aliphatic heterocycles. The Bertz CT molecular complexity index is 1160. The molecule has 2 aromatic carbocycles. The molecule has 4 rings (SSSR count). The van der Waals surface area contributed by atoms with Crippen molar-refractivity contribution in [3.8, 4) is 5.69 Å². The van der Waals surface area contributed by atoms with Gasteiger partial charge in [0.25, 0.3) is 5.91 Å². The van der Waals surface area contributed by atoms with Crippen LogP contribution in [-0.4, -0.2) is 20.7 Å². The van der Waals surface area contributed by atoms with Crippen LogP contribution in [0.1, 0.15) is 41.7 Å². The molecular formula is C21H19ClN4O2. The van der Waals surface area contributed by atoms with Crippen molar-refractivity contribution in [1.82, 2.24) is 14.8 Å². The number of benzene rings is 2. The van der Waals surface area contributed by atoms with Gasteiger partial charge in [0.2, 0.25) is 0 Å². The quantitative estimate of drug-likeness (QED) is 0.506. The number of hydrogen-bond donors (Lipinski definition) is 1. The Kier molecular flexibility index (Phi) is 4.65. The van der Waals surface area contributed by atoms with E-state index in [-0.39, 0.29) is 11.8 Å². The van der Waals surface area contributed by atoms with Crippen LogP contribution in [0.2, 0.25) is 5.02 Å². The van der Waals surface area contributed by atoms with Gasteiger partial charge in [-0.2, -0.15) is 5.10 Å². The largest absolute Gasteiger partial charge is 0.441 e. The number of nitrogens with one attached hydrogen (secondary N) is 1. The summed E-state index contributed by atoms with van der Waals surface area (Å²) in [6.45, 7) is 5.85. The van der Waals surface area contributed by atoms with Crippen LogP contribution in [0, 0.1) is 6.92 Å². The third-order valence-corrected chi connectivity index (χ3v) is 4.67. The molecule has 0 aliphatic carbocycles. The number of fused-ring (bicyclic) bond motifs is 1. The number of aryl methyl sites for hydroxylation is 1. The fourth-order valence-corrected chi connectivity index (χ4v) is 3.32. The lowest BCUT2D eigenvalue weighted by Crippen LogP contribution is -2.15. The highest BCUT2D eigenvalue weighted by molar-refractivity contribution is 6.30. The fraction of sp³-hybridized carbons (Fsp3) is 0.190. The maximum atomic E-state index is 13.0. The normalized spacial score (nSPS) is 11.3. The lowest BCUT2D eigenvalue weighted by atomic mass is 10.0. The standard InChI is InChI=1S/C21H19ClN4O2/c1-12(2)20-17(11-23-26(20)16-7-4-14(22)5-8-16)21(27)25-15-6-9-19-18(10-15)24-13(3)28-19/h4-12H,1-3H3,(H,25,27). The molecule has 2 aromatic heterocycles. The Morgan fingerprint density at radius 3 is 2.64 bits per heavy atom. The summed E-state index contributed by atoms with van der Waals surface area (Å²) in [6.07, 6.45) is 1.60. The van der Waals surface area contributed by atoms with E-state index in [0.717, 1.165) is 11.4 Å². The SMILES string of the molecule is Cc1nc2cc(NC(=O)c3cnn(-c4ccc(Cl)cc4)c3C(C)C)ccc2o1. The van der Waals surface area contributed by atoms with Gasteiger partial charge in [-0.1, -0.05) is 25.4 Å². The van der Waals surface area contributed by atoms with Gasteiger partial charge >= 0.3 is 0 Å². The van der Waals surface area contributed by atoms with Gasteiger partial charge in [0.05, 0.1) is 23.1 Å². The van der Waals surface area contributed by atoms with E-state index in [9.17, 15) is 4.79 Å². The number of carbonyl (C=O) groups excluding carboxylic acids is 1. The number of anilines is 1. The highest BCUT2D eigenvalue weighted by Gasteiger charge is 2.21. The average molecular weight is 395 g/mol. The Balaban J connectivity index is 1.67. The maximum Gasteiger partial charge on any atom is 0.259 e. The molecule has 0 unspecified atom stereocenters. The van der Waals surface area contributed by atoms with Crippen molar-refractivity contribution in [3.63, 3.8) is 0 Å². The zero-order chi connectivity index (χ0) is 19.8. The van der Waals surface area contributed by atoms with E-state index < -0.39 is 0 Å². The molecule has 6 nitrogen and oxygen atoms in total. The van der Waals surface area contributed by atoms with Crippen LogP contribution in [0.3, 0.4) is 0 Å². The summed E-state index contributed by atoms with van der Waals surface area (Å²) in [4.78, 5) is 17.3. The highest BCUT2D eigenvalue weighted by Crippen LogP contribution is 2.26. The summed E-state index contributed by atoms with van der Waals surface area (Å²) in [6, 6.07) is 12.7. The van der Waals surface area contributed by atoms with E-state index in [4.69, 9.17) is 16.0 Å². The van der Waals surface area contributed by atoms with E-state index in [1.165, 1.54) is 0 Å². The van der Waals surface area contributed by atoms with Crippen LogP contribution in [0.5, 0.6) is 0 Å². The van der Waals surface area contributed by atoms with Crippen molar-refractivity contribution in [2.75, 3.05) is 5.32 Å². The second-order valence-corrected chi connectivity index (χ2v) is 7.29. The fourth-order valence-electron chi connectivity index (χ4n) is 3.20. The van der Waals surface area contributed by atoms with Gasteiger partial charge in [0, 0.05) is 17.6 Å². The summed E-state index contributed by atoms with van der Waals surface area (Å²) >= 11 is 5.98. The van der Waals surface area contributed by atoms with Gasteiger partial charge in [0.15, 0.2) is 11.5 Å². The predicted octanol–water partition coefficient (Wildman–Crippen LogP) is 5.35. The predicted molar refractivity (Wildman–Crippen MR) is 109 cm³/mol. The minimum Gasteiger partial charge on any atom is -0.441 e. The third-order valence-electron chi connectivity index (χ3n) is 4.42. The van der Waals surface area contributed by atoms with Gasteiger partial charge in [-0.25, -0.2) is 9.67 Å². The van der Waals surface area contributed by atoms with Gasteiger partial charge in [0.1, 0.15) is 5.52 Å². The smallest absolute Gasteiger partial charge is 0.259 e. The number of halogens is 1. The van der Waals surface area contributed by atoms with E-state index in [0.29, 0.717) is 33.3 Å². The molecule has 28 heavy (non-hydrogen) atoms. The maximum absolute atomic E-state index is 13.0. The van der Waals surface area contributed by atoms with Crippen molar-refractivity contribution in [2.24, 2.45) is 0 Å². The Labute approximate surface area is 167 Å². The number of amides is 1. The summed E-state index contributed by atoms with van der Waals surface area (Å²) < 4.78 is 7.26. The van der Waals surface area contributed by atoms with Crippen LogP contribution >= 0.6 is 11.6 Å². The minimum atomic E-state index is -0.219. The van der Waals surface area contributed by atoms with E-state index in [1.807, 2.05) is 26.0 Å². The van der Waals surface area contributed by atoms with Gasteiger partial charge in [-0.15, -0.1) is 0 Å². The molecule has 0 bridgehead atoms. The molecule has 1 N–H and O–H groups in total. The third kappa shape index (κ3) is 3.39. The lowest BCUT2D eigenvalue weighted by Gasteiger charge is -2.13. The molecule has 0 saturated heterocycles. The first kappa shape index (κ1) is 18.3. The summed E-state index contributed by atoms with van der Waals surface area (Å²) in [7, 11) is 0. The molecule has 0 fully saturated rings. The number of hydrogen-bond acceptors (Lipinski definition) is 4. The lowest BCUT2D eigenvalue weighted by molar-refractivity contribution is 0.102. The first-order chi connectivity index (χ1) is 13.4. The number of carbonyl (C=O) groups is 1. The molecule has 2 heterocycles. The van der Waals surface area contributed by atoms with E-state index in [1.54, 1.807) is 48.1 Å². The Hall–Kier alpha value is -3.12. The molecule has 0 atom stereocenters. The molecule has 7 heteroatoms. The topological polar surface area (TPSA) is 73.0 Å². The molecule has 1 amide bonds. The Morgan fingerprint density at radius 1 is 1.18 bits per heavy atom. The molecule has 4 aromatic rings. The van der Waals surface area contributed by atoms with Crippen LogP contribution in [-0.2, 0) is 0 Å². The van der Waals surface area contributed by atoms with Crippen LogP contribution in [0.15, 0.2) is 53.1 Å². The van der Waals surface area contributed by atoms with Gasteiger partial charge < -0.3 is 9.73 Å². The number of nitrogens with zero attached hydrogens (tertiary/aromatic N) is 3. The van der Waals surface area contributed by atoms with Crippen LogP contribution in [0.4, 0.5) is 5.69 Å². The molecule has 142 valence electrons. The van der Waals surface area contributed by atoms with Crippen molar-refractivity contribution < 1.29 is 9.21 Å². The molecular weight excluding hydrogens is 376 g/mol. The average Bonchev–Trinajstić information content (AvgIpc) is 3.25. The van der Waals surface area contributed by atoms with Crippen LogP contribution in [0.25, 0.3) is 16.8 Å². The van der Waals surface area contributed by atoms with Gasteiger partial charge in [-0.05, 0) is 48.4 Å². The first-order valence-corrected chi connectivity index (χ1v) is 9.32. The number of oxazole rings is 1. The summed E-state index contributed by atoms with van der Waals surface area (Å²) in [5, 5.41) is 8.02. The number of rotatable bonds is 4. The van der Waals surface area contributed by atoms with Crippen molar-refractivity contribution in [2.45, 2.75) is 26.7 Å². The van der Waals surface area contributed by atoms with E-state index >= 15 is 0 Å². The van der Waals surface area contributed by atoms with Gasteiger partial charge in [-0.3, -0.25) is 4.79 Å². The molecule has 0 radical (unpaired) electrons. The highest BCUT2D eigenvalue weighted by atomic mass is 35.5. The second-order valence-electron chi connectivity index (χ2n) is 6.86. The van der Waals surface area contributed by atoms with Crippen LogP contribution < -0.4 is 5.32 Å². The van der Waals surface area contributed by atoms with Crippen molar-refractivity contribution in [3.05, 3.63) is 70.8 Å². The first-order valence-electron chi connectivity index (χ1n) is 8.95. The summed E-state index contributed by atoms with van der Waals surface area (Å²) in [5.41, 5.74) is 4.26. The summed E-state index contributed by atoms with van der Waals surface area (Å²) in [5.74, 6) is 0.466. The van der Waals surface area contributed by atoms with Crippen molar-refractivity contribution in [1.29, 1.82) is 0 Å². The second kappa shape index (κ2) is 7.13. The van der Waals surface area contributed by atoms with Crippen molar-refractivity contribution >= 4 is 34.3 Å². The van der Waals surface area contributed by atoms with E-state index in [2.05, 4.69) is 15.4 Å². The molecule has 0 spiro atoms. The minimum absolute atomic E-state index is 0.0969. The molecule has 0 saturated carbocycles. The number of aromatic nitrogens is 3. The monoisotopic (exact) mass is 394 g/mol. The zero-order valence-electron chi connectivity index (χ0n) is 15.7. The zero-order valence-corrected chi connectivity index (χ0v) is 16.5.